The minimum absolute atomic E-state index is 0.779. The van der Waals surface area contributed by atoms with Gasteiger partial charge in [-0.3, -0.25) is 0 Å². The zero-order valence-corrected chi connectivity index (χ0v) is 13.7. The van der Waals surface area contributed by atoms with Crippen LogP contribution >= 0.6 is 11.6 Å². The molecule has 0 aliphatic carbocycles. The lowest BCUT2D eigenvalue weighted by Crippen LogP contribution is -2.44. The van der Waals surface area contributed by atoms with Crippen molar-refractivity contribution in [1.82, 2.24) is 4.90 Å². The Morgan fingerprint density at radius 2 is 1.73 bits per heavy atom. The summed E-state index contributed by atoms with van der Waals surface area (Å²) in [4.78, 5) is 4.83. The molecule has 3 nitrogen and oxygen atoms in total. The molecule has 1 aliphatic rings. The molecule has 1 heterocycles. The molecule has 1 fully saturated rings. The Bertz CT molecular complexity index is 604. The zero-order chi connectivity index (χ0) is 15.4. The number of hydrogen-bond donors (Lipinski definition) is 1. The number of benzene rings is 2. The van der Waals surface area contributed by atoms with Gasteiger partial charge in [-0.15, -0.1) is 0 Å². The number of nitrogens with zero attached hydrogens (tertiary/aromatic N) is 2. The van der Waals surface area contributed by atoms with Crippen LogP contribution in [0.1, 0.15) is 5.56 Å². The highest BCUT2D eigenvalue weighted by molar-refractivity contribution is 6.30. The van der Waals surface area contributed by atoms with Gasteiger partial charge >= 0.3 is 0 Å². The Morgan fingerprint density at radius 1 is 1.00 bits per heavy atom. The lowest BCUT2D eigenvalue weighted by molar-refractivity contribution is 0.313. The van der Waals surface area contributed by atoms with Gasteiger partial charge in [0.15, 0.2) is 0 Å². The number of halogens is 1. The van der Waals surface area contributed by atoms with Crippen molar-refractivity contribution in [2.24, 2.45) is 0 Å². The molecular weight excluding hydrogens is 294 g/mol. The van der Waals surface area contributed by atoms with E-state index >= 15 is 0 Å². The van der Waals surface area contributed by atoms with Crippen LogP contribution in [0.15, 0.2) is 48.5 Å². The molecule has 0 unspecified atom stereocenters. The summed E-state index contributed by atoms with van der Waals surface area (Å²) in [5.41, 5.74) is 3.69. The topological polar surface area (TPSA) is 18.5 Å². The summed E-state index contributed by atoms with van der Waals surface area (Å²) in [6.07, 6.45) is 0. The summed E-state index contributed by atoms with van der Waals surface area (Å²) in [5.74, 6) is 0. The maximum Gasteiger partial charge on any atom is 0.0406 e. The van der Waals surface area contributed by atoms with Crippen LogP contribution < -0.4 is 10.2 Å². The number of anilines is 2. The third kappa shape index (κ3) is 3.93. The molecule has 0 saturated carbocycles. The largest absolute Gasteiger partial charge is 0.381 e. The highest BCUT2D eigenvalue weighted by atomic mass is 35.5. The molecule has 1 N–H and O–H groups in total. The van der Waals surface area contributed by atoms with Crippen molar-refractivity contribution < 1.29 is 0 Å². The molecule has 1 aliphatic heterocycles. The van der Waals surface area contributed by atoms with Gasteiger partial charge < -0.3 is 15.1 Å². The van der Waals surface area contributed by atoms with Gasteiger partial charge in [0.25, 0.3) is 0 Å². The smallest absolute Gasteiger partial charge is 0.0406 e. The van der Waals surface area contributed by atoms with Gasteiger partial charge in [0, 0.05) is 49.1 Å². The highest BCUT2D eigenvalue weighted by Crippen LogP contribution is 2.21. The molecule has 1 saturated heterocycles. The van der Waals surface area contributed by atoms with Crippen molar-refractivity contribution in [3.05, 3.63) is 59.1 Å². The van der Waals surface area contributed by atoms with Crippen molar-refractivity contribution in [2.75, 3.05) is 43.4 Å². The summed E-state index contributed by atoms with van der Waals surface area (Å²) in [5, 5.41) is 4.27. The monoisotopic (exact) mass is 315 g/mol. The molecule has 0 bridgehead atoms. The van der Waals surface area contributed by atoms with E-state index < -0.39 is 0 Å². The number of rotatable bonds is 4. The van der Waals surface area contributed by atoms with Gasteiger partial charge in [0.2, 0.25) is 0 Å². The van der Waals surface area contributed by atoms with Gasteiger partial charge in [-0.05, 0) is 42.9 Å². The number of likely N-dealkylation sites (N-methyl/N-ethyl adjacent to an activating group) is 1. The first-order valence-electron chi connectivity index (χ1n) is 7.72. The van der Waals surface area contributed by atoms with E-state index in [2.05, 4.69) is 58.6 Å². The number of hydrogen-bond acceptors (Lipinski definition) is 3. The lowest BCUT2D eigenvalue weighted by Gasteiger charge is -2.34. The molecule has 4 heteroatoms. The fourth-order valence-corrected chi connectivity index (χ4v) is 2.81. The SMILES string of the molecule is CN1CCN(c2cccc(NCc3ccc(Cl)cc3)c2)CC1. The first-order chi connectivity index (χ1) is 10.7. The normalized spacial score (nSPS) is 15.8. The maximum absolute atomic E-state index is 5.92. The standard InChI is InChI=1S/C18H22ClN3/c1-21-9-11-22(12-10-21)18-4-2-3-17(13-18)20-14-15-5-7-16(19)8-6-15/h2-8,13,20H,9-12,14H2,1H3. The molecule has 0 spiro atoms. The fourth-order valence-electron chi connectivity index (χ4n) is 2.68. The Hall–Kier alpha value is -1.71. The predicted octanol–water partition coefficient (Wildman–Crippen LogP) is 3.70. The van der Waals surface area contributed by atoms with Crippen molar-refractivity contribution in [1.29, 1.82) is 0 Å². The maximum atomic E-state index is 5.92. The molecule has 2 aromatic rings. The molecular formula is C18H22ClN3. The van der Waals surface area contributed by atoms with Crippen LogP contribution in [-0.4, -0.2) is 38.1 Å². The Kier molecular flexibility index (Phi) is 4.86. The van der Waals surface area contributed by atoms with Gasteiger partial charge in [-0.1, -0.05) is 29.8 Å². The summed E-state index contributed by atoms with van der Waals surface area (Å²) >= 11 is 5.92. The van der Waals surface area contributed by atoms with E-state index in [9.17, 15) is 0 Å². The van der Waals surface area contributed by atoms with E-state index in [0.29, 0.717) is 0 Å². The Balaban J connectivity index is 1.62. The fraction of sp³-hybridized carbons (Fsp3) is 0.333. The van der Waals surface area contributed by atoms with Gasteiger partial charge in [0.05, 0.1) is 0 Å². The number of nitrogens with one attached hydrogen (secondary N) is 1. The molecule has 116 valence electrons. The van der Waals surface area contributed by atoms with Crippen LogP contribution in [0.5, 0.6) is 0 Å². The minimum Gasteiger partial charge on any atom is -0.381 e. The Morgan fingerprint density at radius 3 is 2.45 bits per heavy atom. The van der Waals surface area contributed by atoms with Crippen LogP contribution in [0.2, 0.25) is 5.02 Å². The molecule has 0 radical (unpaired) electrons. The zero-order valence-electron chi connectivity index (χ0n) is 12.9. The van der Waals surface area contributed by atoms with Crippen LogP contribution in [0, 0.1) is 0 Å². The van der Waals surface area contributed by atoms with Crippen molar-refractivity contribution in [3.8, 4) is 0 Å². The van der Waals surface area contributed by atoms with Crippen molar-refractivity contribution >= 4 is 23.0 Å². The van der Waals surface area contributed by atoms with E-state index in [1.54, 1.807) is 0 Å². The summed E-state index contributed by atoms with van der Waals surface area (Å²) in [7, 11) is 2.18. The van der Waals surface area contributed by atoms with E-state index in [1.807, 2.05) is 12.1 Å². The quantitative estimate of drug-likeness (QED) is 0.928. The van der Waals surface area contributed by atoms with Crippen LogP contribution in [0.3, 0.4) is 0 Å². The minimum atomic E-state index is 0.779. The van der Waals surface area contributed by atoms with E-state index in [4.69, 9.17) is 11.6 Å². The molecule has 0 atom stereocenters. The molecule has 0 amide bonds. The second-order valence-electron chi connectivity index (χ2n) is 5.82. The van der Waals surface area contributed by atoms with Gasteiger partial charge in [-0.25, -0.2) is 0 Å². The summed E-state index contributed by atoms with van der Waals surface area (Å²) < 4.78 is 0. The summed E-state index contributed by atoms with van der Waals surface area (Å²) in [6.45, 7) is 5.25. The van der Waals surface area contributed by atoms with Crippen LogP contribution in [0.25, 0.3) is 0 Å². The van der Waals surface area contributed by atoms with Crippen molar-refractivity contribution in [2.45, 2.75) is 6.54 Å². The first-order valence-corrected chi connectivity index (χ1v) is 8.10. The van der Waals surface area contributed by atoms with E-state index in [-0.39, 0.29) is 0 Å². The van der Waals surface area contributed by atoms with Crippen molar-refractivity contribution in [3.63, 3.8) is 0 Å². The van der Waals surface area contributed by atoms with E-state index in [1.165, 1.54) is 11.3 Å². The second kappa shape index (κ2) is 7.03. The average Bonchev–Trinajstić information content (AvgIpc) is 2.55. The van der Waals surface area contributed by atoms with E-state index in [0.717, 1.165) is 43.4 Å². The third-order valence-electron chi connectivity index (χ3n) is 4.12. The molecule has 2 aromatic carbocycles. The molecule has 0 aromatic heterocycles. The molecule has 22 heavy (non-hydrogen) atoms. The third-order valence-corrected chi connectivity index (χ3v) is 4.38. The van der Waals surface area contributed by atoms with Crippen LogP contribution in [0.4, 0.5) is 11.4 Å². The first kappa shape index (κ1) is 15.2. The summed E-state index contributed by atoms with van der Waals surface area (Å²) in [6, 6.07) is 16.6. The molecule has 3 rings (SSSR count). The lowest BCUT2D eigenvalue weighted by atomic mass is 10.2. The second-order valence-corrected chi connectivity index (χ2v) is 6.26. The van der Waals surface area contributed by atoms with Gasteiger partial charge in [-0.2, -0.15) is 0 Å². The predicted molar refractivity (Wildman–Crippen MR) is 94.9 cm³/mol. The highest BCUT2D eigenvalue weighted by Gasteiger charge is 2.14. The number of piperazine rings is 1. The van der Waals surface area contributed by atoms with Crippen LogP contribution in [-0.2, 0) is 6.54 Å². The van der Waals surface area contributed by atoms with Gasteiger partial charge in [0.1, 0.15) is 0 Å². The average molecular weight is 316 g/mol. The Labute approximate surface area is 137 Å².